The molecule has 1 fully saturated rings. The first-order valence-corrected chi connectivity index (χ1v) is 7.16. The highest BCUT2D eigenvalue weighted by Gasteiger charge is 2.15. The number of aryl methyl sites for hydroxylation is 1. The number of aromatic nitrogens is 1. The van der Waals surface area contributed by atoms with E-state index in [0.29, 0.717) is 18.7 Å². The van der Waals surface area contributed by atoms with Crippen molar-refractivity contribution >= 4 is 17.0 Å². The maximum absolute atomic E-state index is 11.9. The molecule has 3 rings (SSSR count). The van der Waals surface area contributed by atoms with Crippen LogP contribution in [0.1, 0.15) is 25.2 Å². The summed E-state index contributed by atoms with van der Waals surface area (Å²) >= 11 is 0. The molecule has 5 heteroatoms. The number of amides is 1. The molecule has 1 aliphatic rings. The van der Waals surface area contributed by atoms with Crippen LogP contribution in [0.25, 0.3) is 11.1 Å². The van der Waals surface area contributed by atoms with Crippen LogP contribution in [0.5, 0.6) is 0 Å². The number of rotatable bonds is 4. The van der Waals surface area contributed by atoms with Gasteiger partial charge in [0.1, 0.15) is 5.52 Å². The Balaban J connectivity index is 1.51. The zero-order chi connectivity index (χ0) is 13.8. The maximum atomic E-state index is 11.9. The first kappa shape index (κ1) is 13.1. The average molecular weight is 273 g/mol. The van der Waals surface area contributed by atoms with Crippen LogP contribution in [-0.2, 0) is 11.2 Å². The van der Waals surface area contributed by atoms with Crippen molar-refractivity contribution in [1.82, 2.24) is 15.6 Å². The molecule has 20 heavy (non-hydrogen) atoms. The second-order valence-electron chi connectivity index (χ2n) is 5.19. The highest BCUT2D eigenvalue weighted by atomic mass is 16.3. The molecule has 0 aliphatic carbocycles. The van der Waals surface area contributed by atoms with E-state index in [1.54, 1.807) is 0 Å². The number of fused-ring (bicyclic) bond motifs is 1. The van der Waals surface area contributed by atoms with Gasteiger partial charge in [-0.05, 0) is 31.5 Å². The second-order valence-corrected chi connectivity index (χ2v) is 5.19. The molecule has 1 aromatic carbocycles. The molecule has 1 amide bonds. The quantitative estimate of drug-likeness (QED) is 0.888. The number of oxazole rings is 1. The van der Waals surface area contributed by atoms with Crippen molar-refractivity contribution in [2.75, 3.05) is 13.1 Å². The van der Waals surface area contributed by atoms with Crippen molar-refractivity contribution in [2.24, 2.45) is 0 Å². The summed E-state index contributed by atoms with van der Waals surface area (Å²) in [5.74, 6) is 0.698. The van der Waals surface area contributed by atoms with Gasteiger partial charge in [0, 0.05) is 25.4 Å². The van der Waals surface area contributed by atoms with Crippen molar-refractivity contribution in [2.45, 2.75) is 31.7 Å². The molecule has 0 bridgehead atoms. The van der Waals surface area contributed by atoms with Crippen LogP contribution in [0.3, 0.4) is 0 Å². The zero-order valence-corrected chi connectivity index (χ0v) is 11.4. The molecule has 1 aliphatic heterocycles. The molecule has 0 spiro atoms. The third kappa shape index (κ3) is 3.17. The molecular weight excluding hydrogens is 254 g/mol. The summed E-state index contributed by atoms with van der Waals surface area (Å²) in [5, 5.41) is 6.34. The number of carbonyl (C=O) groups excluding carboxylic acids is 1. The van der Waals surface area contributed by atoms with Crippen molar-refractivity contribution in [3.05, 3.63) is 30.2 Å². The summed E-state index contributed by atoms with van der Waals surface area (Å²) in [6.07, 6.45) is 3.14. The number of para-hydroxylation sites is 2. The van der Waals surface area contributed by atoms with Gasteiger partial charge >= 0.3 is 0 Å². The molecule has 2 aromatic rings. The highest BCUT2D eigenvalue weighted by molar-refractivity contribution is 5.76. The van der Waals surface area contributed by atoms with E-state index in [1.165, 1.54) is 0 Å². The Bertz CT molecular complexity index is 555. The largest absolute Gasteiger partial charge is 0.441 e. The summed E-state index contributed by atoms with van der Waals surface area (Å²) < 4.78 is 5.60. The van der Waals surface area contributed by atoms with Gasteiger partial charge in [-0.15, -0.1) is 0 Å². The first-order valence-electron chi connectivity index (χ1n) is 7.16. The Hall–Kier alpha value is -1.88. The van der Waals surface area contributed by atoms with Crippen LogP contribution in [-0.4, -0.2) is 30.0 Å². The van der Waals surface area contributed by atoms with Gasteiger partial charge in [0.15, 0.2) is 11.5 Å². The van der Waals surface area contributed by atoms with Crippen LogP contribution < -0.4 is 10.6 Å². The van der Waals surface area contributed by atoms with E-state index in [1.807, 2.05) is 24.3 Å². The number of piperidine rings is 1. The van der Waals surface area contributed by atoms with E-state index in [-0.39, 0.29) is 11.9 Å². The van der Waals surface area contributed by atoms with E-state index in [0.717, 1.165) is 37.0 Å². The van der Waals surface area contributed by atoms with Gasteiger partial charge < -0.3 is 15.1 Å². The summed E-state index contributed by atoms with van der Waals surface area (Å²) in [6, 6.07) is 7.91. The van der Waals surface area contributed by atoms with Gasteiger partial charge in [0.05, 0.1) is 0 Å². The van der Waals surface area contributed by atoms with Gasteiger partial charge in [-0.25, -0.2) is 4.98 Å². The normalized spacial score (nSPS) is 19.1. The molecule has 2 N–H and O–H groups in total. The first-order chi connectivity index (χ1) is 9.81. The van der Waals surface area contributed by atoms with E-state index in [2.05, 4.69) is 15.6 Å². The second kappa shape index (κ2) is 6.05. The summed E-state index contributed by atoms with van der Waals surface area (Å²) in [4.78, 5) is 16.3. The van der Waals surface area contributed by atoms with Gasteiger partial charge in [-0.2, -0.15) is 0 Å². The van der Waals surface area contributed by atoms with Crippen molar-refractivity contribution in [3.63, 3.8) is 0 Å². The van der Waals surface area contributed by atoms with Gasteiger partial charge in [0.2, 0.25) is 5.91 Å². The molecular formula is C15H19N3O2. The van der Waals surface area contributed by atoms with Gasteiger partial charge in [-0.3, -0.25) is 4.79 Å². The zero-order valence-electron chi connectivity index (χ0n) is 11.4. The lowest BCUT2D eigenvalue weighted by Gasteiger charge is -2.23. The Morgan fingerprint density at radius 3 is 3.15 bits per heavy atom. The number of hydrogen-bond acceptors (Lipinski definition) is 4. The van der Waals surface area contributed by atoms with Gasteiger partial charge in [-0.1, -0.05) is 12.1 Å². The fourth-order valence-corrected chi connectivity index (χ4v) is 2.52. The van der Waals surface area contributed by atoms with E-state index in [9.17, 15) is 4.79 Å². The number of nitrogens with zero attached hydrogens (tertiary/aromatic N) is 1. The summed E-state index contributed by atoms with van der Waals surface area (Å²) in [6.45, 7) is 1.92. The van der Waals surface area contributed by atoms with Crippen LogP contribution >= 0.6 is 0 Å². The lowest BCUT2D eigenvalue weighted by atomic mass is 10.1. The predicted molar refractivity (Wildman–Crippen MR) is 76.4 cm³/mol. The van der Waals surface area contributed by atoms with Crippen LogP contribution in [0.4, 0.5) is 0 Å². The Morgan fingerprint density at radius 1 is 1.45 bits per heavy atom. The van der Waals surface area contributed by atoms with E-state index >= 15 is 0 Å². The molecule has 0 saturated carbocycles. The third-order valence-corrected chi connectivity index (χ3v) is 3.57. The SMILES string of the molecule is O=C(CCc1nc2ccccc2o1)N[C@H]1CCCNC1. The molecule has 106 valence electrons. The minimum atomic E-state index is 0.0703. The molecule has 2 heterocycles. The molecule has 5 nitrogen and oxygen atoms in total. The Labute approximate surface area is 117 Å². The number of carbonyl (C=O) groups is 1. The number of nitrogens with one attached hydrogen (secondary N) is 2. The predicted octanol–water partition coefficient (Wildman–Crippen LogP) is 1.63. The standard InChI is InChI=1S/C15H19N3O2/c19-14(17-11-4-3-9-16-10-11)7-8-15-18-12-5-1-2-6-13(12)20-15/h1-2,5-6,11,16H,3-4,7-10H2,(H,17,19)/t11-/m0/s1. The van der Waals surface area contributed by atoms with Crippen LogP contribution in [0.15, 0.2) is 28.7 Å². The average Bonchev–Trinajstić information content (AvgIpc) is 2.89. The van der Waals surface area contributed by atoms with Crippen LogP contribution in [0, 0.1) is 0 Å². The third-order valence-electron chi connectivity index (χ3n) is 3.57. The molecule has 1 saturated heterocycles. The van der Waals surface area contributed by atoms with Crippen molar-refractivity contribution in [1.29, 1.82) is 0 Å². The summed E-state index contributed by atoms with van der Waals surface area (Å²) in [7, 11) is 0. The van der Waals surface area contributed by atoms with Crippen molar-refractivity contribution in [3.8, 4) is 0 Å². The van der Waals surface area contributed by atoms with Gasteiger partial charge in [0.25, 0.3) is 0 Å². The lowest BCUT2D eigenvalue weighted by Crippen LogP contribution is -2.45. The highest BCUT2D eigenvalue weighted by Crippen LogP contribution is 2.15. The molecule has 1 aromatic heterocycles. The minimum absolute atomic E-state index is 0.0703. The van der Waals surface area contributed by atoms with E-state index in [4.69, 9.17) is 4.42 Å². The fourth-order valence-electron chi connectivity index (χ4n) is 2.52. The number of benzene rings is 1. The van der Waals surface area contributed by atoms with Crippen molar-refractivity contribution < 1.29 is 9.21 Å². The Morgan fingerprint density at radius 2 is 2.35 bits per heavy atom. The molecule has 1 atom stereocenters. The summed E-state index contributed by atoms with van der Waals surface area (Å²) in [5.41, 5.74) is 1.62. The molecule has 0 unspecified atom stereocenters. The van der Waals surface area contributed by atoms with Crippen LogP contribution in [0.2, 0.25) is 0 Å². The fraction of sp³-hybridized carbons (Fsp3) is 0.467. The topological polar surface area (TPSA) is 67.2 Å². The number of hydrogen-bond donors (Lipinski definition) is 2. The smallest absolute Gasteiger partial charge is 0.220 e. The Kier molecular flexibility index (Phi) is 3.97. The maximum Gasteiger partial charge on any atom is 0.220 e. The molecule has 0 radical (unpaired) electrons. The monoisotopic (exact) mass is 273 g/mol. The van der Waals surface area contributed by atoms with E-state index < -0.39 is 0 Å². The lowest BCUT2D eigenvalue weighted by molar-refractivity contribution is -0.121. The minimum Gasteiger partial charge on any atom is -0.441 e.